The molecule has 1 fully saturated rings. The molecule has 0 saturated carbocycles. The first kappa shape index (κ1) is 18.4. The number of sulfone groups is 1. The topological polar surface area (TPSA) is 87.5 Å². The van der Waals surface area contributed by atoms with Crippen LogP contribution in [0.5, 0.6) is 5.75 Å². The molecule has 0 spiro atoms. The van der Waals surface area contributed by atoms with Gasteiger partial charge in [-0.25, -0.2) is 8.42 Å². The van der Waals surface area contributed by atoms with Gasteiger partial charge in [-0.15, -0.1) is 11.3 Å². The number of amides is 1. The SMILES string of the molecule is N#Cc1ccc(OCC(=O)N(Cc2cccs2)C2CCS(=O)(=O)C2)cc1. The van der Waals surface area contributed by atoms with Gasteiger partial charge >= 0.3 is 0 Å². The normalized spacial score (nSPS) is 18.2. The number of thiophene rings is 1. The fraction of sp³-hybridized carbons (Fsp3) is 0.333. The summed E-state index contributed by atoms with van der Waals surface area (Å²) in [5, 5.41) is 10.7. The predicted octanol–water partition coefficient (Wildman–Crippen LogP) is 2.21. The summed E-state index contributed by atoms with van der Waals surface area (Å²) in [5.41, 5.74) is 0.513. The van der Waals surface area contributed by atoms with Crippen LogP contribution in [0.1, 0.15) is 16.9 Å². The molecule has 1 aliphatic heterocycles. The Hall–Kier alpha value is -2.37. The van der Waals surface area contributed by atoms with E-state index in [2.05, 4.69) is 0 Å². The Morgan fingerprint density at radius 1 is 1.31 bits per heavy atom. The molecule has 1 saturated heterocycles. The van der Waals surface area contributed by atoms with Crippen molar-refractivity contribution in [1.82, 2.24) is 4.90 Å². The van der Waals surface area contributed by atoms with Crippen LogP contribution in [0, 0.1) is 11.3 Å². The standard InChI is InChI=1S/C18H18N2O4S2/c19-10-14-3-5-16(6-4-14)24-12-18(21)20(11-17-2-1-8-25-17)15-7-9-26(22,23)13-15/h1-6,8,15H,7,9,11-13H2. The van der Waals surface area contributed by atoms with Crippen molar-refractivity contribution in [3.63, 3.8) is 0 Å². The molecule has 1 aliphatic rings. The molecule has 1 atom stereocenters. The van der Waals surface area contributed by atoms with Gasteiger partial charge in [0.05, 0.1) is 29.7 Å². The number of carbonyl (C=O) groups excluding carboxylic acids is 1. The van der Waals surface area contributed by atoms with Crippen molar-refractivity contribution in [2.75, 3.05) is 18.1 Å². The third-order valence-corrected chi connectivity index (χ3v) is 6.83. The number of nitrogens with zero attached hydrogens (tertiary/aromatic N) is 2. The van der Waals surface area contributed by atoms with Gasteiger partial charge in [-0.2, -0.15) is 5.26 Å². The zero-order valence-electron chi connectivity index (χ0n) is 14.0. The molecule has 8 heteroatoms. The minimum absolute atomic E-state index is 0.000974. The highest BCUT2D eigenvalue weighted by molar-refractivity contribution is 7.91. The largest absolute Gasteiger partial charge is 0.484 e. The van der Waals surface area contributed by atoms with E-state index in [4.69, 9.17) is 10.00 Å². The fourth-order valence-electron chi connectivity index (χ4n) is 2.87. The number of hydrogen-bond donors (Lipinski definition) is 0. The zero-order valence-corrected chi connectivity index (χ0v) is 15.6. The minimum atomic E-state index is -3.09. The molecule has 3 rings (SSSR count). The summed E-state index contributed by atoms with van der Waals surface area (Å²) in [5.74, 6) is 0.362. The van der Waals surface area contributed by atoms with E-state index in [9.17, 15) is 13.2 Å². The van der Waals surface area contributed by atoms with Crippen LogP contribution < -0.4 is 4.74 Å². The van der Waals surface area contributed by atoms with E-state index in [0.717, 1.165) is 4.88 Å². The Labute approximate surface area is 156 Å². The van der Waals surface area contributed by atoms with Crippen molar-refractivity contribution < 1.29 is 17.9 Å². The third-order valence-electron chi connectivity index (χ3n) is 4.22. The van der Waals surface area contributed by atoms with Crippen molar-refractivity contribution in [3.05, 3.63) is 52.2 Å². The fourth-order valence-corrected chi connectivity index (χ4v) is 5.30. The number of nitriles is 1. The predicted molar refractivity (Wildman–Crippen MR) is 98.6 cm³/mol. The summed E-state index contributed by atoms with van der Waals surface area (Å²) >= 11 is 1.53. The van der Waals surface area contributed by atoms with E-state index in [-0.39, 0.29) is 30.1 Å². The molecule has 1 unspecified atom stereocenters. The van der Waals surface area contributed by atoms with E-state index >= 15 is 0 Å². The van der Waals surface area contributed by atoms with Crippen LogP contribution in [0.2, 0.25) is 0 Å². The van der Waals surface area contributed by atoms with Gasteiger partial charge in [0.1, 0.15) is 5.75 Å². The number of benzene rings is 1. The van der Waals surface area contributed by atoms with Gasteiger partial charge in [0, 0.05) is 10.9 Å². The van der Waals surface area contributed by atoms with Crippen LogP contribution in [0.25, 0.3) is 0 Å². The maximum absolute atomic E-state index is 12.7. The Kier molecular flexibility index (Phi) is 5.59. The zero-order chi connectivity index (χ0) is 18.6. The molecule has 6 nitrogen and oxygen atoms in total. The van der Waals surface area contributed by atoms with Gasteiger partial charge in [0.15, 0.2) is 16.4 Å². The second-order valence-electron chi connectivity index (χ2n) is 6.08. The van der Waals surface area contributed by atoms with Crippen LogP contribution in [-0.2, 0) is 21.2 Å². The van der Waals surface area contributed by atoms with Crippen LogP contribution in [0.4, 0.5) is 0 Å². The first-order chi connectivity index (χ1) is 12.5. The van der Waals surface area contributed by atoms with E-state index in [1.165, 1.54) is 11.3 Å². The van der Waals surface area contributed by atoms with Crippen molar-refractivity contribution >= 4 is 27.1 Å². The van der Waals surface area contributed by atoms with Crippen molar-refractivity contribution in [2.45, 2.75) is 19.0 Å². The average molecular weight is 390 g/mol. The Morgan fingerprint density at radius 2 is 2.08 bits per heavy atom. The molecule has 0 N–H and O–H groups in total. The Morgan fingerprint density at radius 3 is 2.65 bits per heavy atom. The summed E-state index contributed by atoms with van der Waals surface area (Å²) in [7, 11) is -3.09. The van der Waals surface area contributed by atoms with Gasteiger partial charge in [0.25, 0.3) is 5.91 Å². The van der Waals surface area contributed by atoms with Crippen LogP contribution in [-0.4, -0.2) is 43.4 Å². The highest BCUT2D eigenvalue weighted by Crippen LogP contribution is 2.22. The van der Waals surface area contributed by atoms with Crippen LogP contribution >= 0.6 is 11.3 Å². The van der Waals surface area contributed by atoms with Gasteiger partial charge in [0.2, 0.25) is 0 Å². The van der Waals surface area contributed by atoms with Crippen molar-refractivity contribution in [3.8, 4) is 11.8 Å². The van der Waals surface area contributed by atoms with Crippen molar-refractivity contribution in [1.29, 1.82) is 5.26 Å². The lowest BCUT2D eigenvalue weighted by molar-refractivity contribution is -0.135. The van der Waals surface area contributed by atoms with E-state index < -0.39 is 9.84 Å². The summed E-state index contributed by atoms with van der Waals surface area (Å²) in [6, 6.07) is 12.0. The lowest BCUT2D eigenvalue weighted by Gasteiger charge is -2.27. The van der Waals surface area contributed by atoms with Gasteiger partial charge in [-0.3, -0.25) is 4.79 Å². The summed E-state index contributed by atoms with van der Waals surface area (Å²) in [6.45, 7) is 0.210. The van der Waals surface area contributed by atoms with Gasteiger partial charge in [-0.05, 0) is 42.1 Å². The Bertz CT molecular complexity index is 900. The molecule has 0 radical (unpaired) electrons. The molecular weight excluding hydrogens is 372 g/mol. The minimum Gasteiger partial charge on any atom is -0.484 e. The molecule has 136 valence electrons. The first-order valence-electron chi connectivity index (χ1n) is 8.12. The number of hydrogen-bond acceptors (Lipinski definition) is 6. The monoisotopic (exact) mass is 390 g/mol. The maximum atomic E-state index is 12.7. The number of rotatable bonds is 6. The van der Waals surface area contributed by atoms with Gasteiger partial charge < -0.3 is 9.64 Å². The second kappa shape index (κ2) is 7.89. The molecule has 2 aromatic rings. The second-order valence-corrected chi connectivity index (χ2v) is 9.34. The maximum Gasteiger partial charge on any atom is 0.261 e. The summed E-state index contributed by atoms with van der Waals surface area (Å²) in [4.78, 5) is 15.3. The molecular formula is C18H18N2O4S2. The van der Waals surface area contributed by atoms with Crippen LogP contribution in [0.15, 0.2) is 41.8 Å². The highest BCUT2D eigenvalue weighted by Gasteiger charge is 2.34. The number of carbonyl (C=O) groups is 1. The molecule has 0 bridgehead atoms. The first-order valence-corrected chi connectivity index (χ1v) is 10.8. The molecule has 1 amide bonds. The van der Waals surface area contributed by atoms with Crippen LogP contribution in [0.3, 0.4) is 0 Å². The molecule has 1 aromatic carbocycles. The highest BCUT2D eigenvalue weighted by atomic mass is 32.2. The quantitative estimate of drug-likeness (QED) is 0.755. The van der Waals surface area contributed by atoms with Crippen molar-refractivity contribution in [2.24, 2.45) is 0 Å². The number of ether oxygens (including phenoxy) is 1. The summed E-state index contributed by atoms with van der Waals surface area (Å²) in [6.07, 6.45) is 0.455. The van der Waals surface area contributed by atoms with E-state index in [1.54, 1.807) is 29.2 Å². The summed E-state index contributed by atoms with van der Waals surface area (Å²) < 4.78 is 29.2. The average Bonchev–Trinajstić information content (AvgIpc) is 3.27. The molecule has 26 heavy (non-hydrogen) atoms. The van der Waals surface area contributed by atoms with E-state index in [0.29, 0.717) is 24.3 Å². The lowest BCUT2D eigenvalue weighted by Crippen LogP contribution is -2.42. The third kappa shape index (κ3) is 4.62. The lowest BCUT2D eigenvalue weighted by atomic mass is 10.2. The Balaban J connectivity index is 1.68. The smallest absolute Gasteiger partial charge is 0.261 e. The van der Waals surface area contributed by atoms with Gasteiger partial charge in [-0.1, -0.05) is 6.07 Å². The van der Waals surface area contributed by atoms with E-state index in [1.807, 2.05) is 23.6 Å². The molecule has 0 aliphatic carbocycles. The molecule has 1 aromatic heterocycles. The molecule has 2 heterocycles.